The van der Waals surface area contributed by atoms with Gasteiger partial charge in [0.15, 0.2) is 0 Å². The van der Waals surface area contributed by atoms with Crippen molar-refractivity contribution in [1.29, 1.82) is 0 Å². The van der Waals surface area contributed by atoms with Crippen molar-refractivity contribution in [3.8, 4) is 0 Å². The van der Waals surface area contributed by atoms with Crippen LogP contribution in [-0.4, -0.2) is 45.5 Å². The minimum absolute atomic E-state index is 0.0466. The molecule has 1 aromatic rings. The maximum atomic E-state index is 12.3. The van der Waals surface area contributed by atoms with Crippen LogP contribution in [0, 0.1) is 6.92 Å². The second kappa shape index (κ2) is 5.28. The van der Waals surface area contributed by atoms with Crippen molar-refractivity contribution in [2.45, 2.75) is 11.8 Å². The Labute approximate surface area is 112 Å². The number of primary sulfonamides is 1. The monoisotopic (exact) mass is 284 g/mol. The predicted octanol–water partition coefficient (Wildman–Crippen LogP) is 0.115. The first-order valence-corrected chi connectivity index (χ1v) is 7.45. The summed E-state index contributed by atoms with van der Waals surface area (Å²) >= 11 is 0. The summed E-state index contributed by atoms with van der Waals surface area (Å²) in [5, 5.41) is 5.08. The number of rotatable bonds is 2. The number of carbonyl (C=O) groups is 1. The van der Waals surface area contributed by atoms with Gasteiger partial charge in [-0.05, 0) is 24.6 Å². The number of nitrogens with zero attached hydrogens (tertiary/aromatic N) is 1. The van der Waals surface area contributed by atoms with Crippen LogP contribution in [0.2, 0.25) is 0 Å². The van der Waals surface area contributed by atoms with Gasteiger partial charge in [0.1, 0.15) is 0 Å². The molecule has 1 heterocycles. The fraction of sp³-hybridized carbons (Fsp3) is 0.417. The van der Waals surface area contributed by atoms with Crippen LogP contribution in [0.3, 0.4) is 0 Å². The number of hydrogen-bond donors (Lipinski definition) is 1. The zero-order chi connectivity index (χ0) is 14.0. The van der Waals surface area contributed by atoms with E-state index < -0.39 is 10.0 Å². The Morgan fingerprint density at radius 2 is 1.95 bits per heavy atom. The molecule has 0 atom stereocenters. The average molecular weight is 284 g/mol. The summed E-state index contributed by atoms with van der Waals surface area (Å²) in [7, 11) is -3.80. The highest BCUT2D eigenvalue weighted by Crippen LogP contribution is 2.17. The molecule has 1 amide bonds. The lowest BCUT2D eigenvalue weighted by Gasteiger charge is -2.27. The third-order valence-electron chi connectivity index (χ3n) is 3.07. The number of nitrogens with two attached hydrogens (primary N) is 1. The Hall–Kier alpha value is -1.44. The summed E-state index contributed by atoms with van der Waals surface area (Å²) < 4.78 is 27.8. The molecule has 104 valence electrons. The van der Waals surface area contributed by atoms with Crippen LogP contribution in [0.5, 0.6) is 0 Å². The summed E-state index contributed by atoms with van der Waals surface area (Å²) in [6, 6.07) is 4.33. The number of carbonyl (C=O) groups excluding carboxylic acids is 1. The lowest BCUT2D eigenvalue weighted by Crippen LogP contribution is -2.41. The first-order chi connectivity index (χ1) is 8.89. The van der Waals surface area contributed by atoms with Crippen LogP contribution in [-0.2, 0) is 14.8 Å². The van der Waals surface area contributed by atoms with E-state index in [0.29, 0.717) is 31.9 Å². The van der Waals surface area contributed by atoms with Gasteiger partial charge in [-0.2, -0.15) is 0 Å². The largest absolute Gasteiger partial charge is 0.378 e. The van der Waals surface area contributed by atoms with Gasteiger partial charge in [-0.25, -0.2) is 13.6 Å². The highest BCUT2D eigenvalue weighted by molar-refractivity contribution is 7.89. The molecular weight excluding hydrogens is 268 g/mol. The third kappa shape index (κ3) is 3.12. The topological polar surface area (TPSA) is 89.7 Å². The van der Waals surface area contributed by atoms with E-state index in [1.54, 1.807) is 17.9 Å². The van der Waals surface area contributed by atoms with Crippen LogP contribution in [0.15, 0.2) is 23.1 Å². The van der Waals surface area contributed by atoms with Gasteiger partial charge in [0, 0.05) is 18.7 Å². The molecule has 0 saturated carbocycles. The zero-order valence-electron chi connectivity index (χ0n) is 10.6. The maximum absolute atomic E-state index is 12.3. The molecule has 7 heteroatoms. The highest BCUT2D eigenvalue weighted by atomic mass is 32.2. The van der Waals surface area contributed by atoms with Gasteiger partial charge in [-0.1, -0.05) is 6.07 Å². The van der Waals surface area contributed by atoms with E-state index in [1.165, 1.54) is 12.1 Å². The Bertz CT molecular complexity index is 592. The van der Waals surface area contributed by atoms with Gasteiger partial charge < -0.3 is 9.64 Å². The van der Waals surface area contributed by atoms with Crippen LogP contribution < -0.4 is 5.14 Å². The van der Waals surface area contributed by atoms with Gasteiger partial charge in [-0.3, -0.25) is 4.79 Å². The van der Waals surface area contributed by atoms with Crippen LogP contribution in [0.25, 0.3) is 0 Å². The van der Waals surface area contributed by atoms with Crippen LogP contribution >= 0.6 is 0 Å². The normalized spacial score (nSPS) is 16.4. The summed E-state index contributed by atoms with van der Waals surface area (Å²) in [5.41, 5.74) is 1.09. The fourth-order valence-electron chi connectivity index (χ4n) is 1.95. The molecule has 1 aliphatic heterocycles. The van der Waals surface area contributed by atoms with Crippen molar-refractivity contribution in [3.63, 3.8) is 0 Å². The molecule has 1 aliphatic rings. The number of aryl methyl sites for hydroxylation is 1. The molecule has 2 rings (SSSR count). The quantitative estimate of drug-likeness (QED) is 0.835. The van der Waals surface area contributed by atoms with Crippen molar-refractivity contribution < 1.29 is 17.9 Å². The Morgan fingerprint density at radius 3 is 2.53 bits per heavy atom. The van der Waals surface area contributed by atoms with Gasteiger partial charge in [0.25, 0.3) is 5.91 Å². The molecule has 1 aromatic carbocycles. The number of hydrogen-bond acceptors (Lipinski definition) is 4. The van der Waals surface area contributed by atoms with E-state index in [9.17, 15) is 13.2 Å². The first kappa shape index (κ1) is 14.0. The van der Waals surface area contributed by atoms with E-state index in [0.717, 1.165) is 5.56 Å². The van der Waals surface area contributed by atoms with Gasteiger partial charge in [0.05, 0.1) is 18.1 Å². The molecule has 0 unspecified atom stereocenters. The second-order valence-corrected chi connectivity index (χ2v) is 5.99. The molecule has 0 radical (unpaired) electrons. The zero-order valence-corrected chi connectivity index (χ0v) is 11.4. The van der Waals surface area contributed by atoms with Crippen molar-refractivity contribution in [3.05, 3.63) is 29.3 Å². The molecule has 0 bridgehead atoms. The number of sulfonamides is 1. The van der Waals surface area contributed by atoms with Crippen LogP contribution in [0.4, 0.5) is 0 Å². The summed E-state index contributed by atoms with van der Waals surface area (Å²) in [6.07, 6.45) is 0. The van der Waals surface area contributed by atoms with E-state index in [2.05, 4.69) is 0 Å². The third-order valence-corrected chi connectivity index (χ3v) is 3.98. The number of ether oxygens (including phenoxy) is 1. The number of morpholine rings is 1. The molecular formula is C12H16N2O4S. The predicted molar refractivity (Wildman–Crippen MR) is 69.3 cm³/mol. The molecule has 6 nitrogen and oxygen atoms in total. The Morgan fingerprint density at radius 1 is 1.32 bits per heavy atom. The van der Waals surface area contributed by atoms with Crippen molar-refractivity contribution in [2.24, 2.45) is 5.14 Å². The van der Waals surface area contributed by atoms with Crippen molar-refractivity contribution >= 4 is 15.9 Å². The van der Waals surface area contributed by atoms with E-state index in [-0.39, 0.29) is 10.8 Å². The molecule has 0 spiro atoms. The molecule has 1 fully saturated rings. The smallest absolute Gasteiger partial charge is 0.254 e. The standard InChI is InChI=1S/C12H16N2O4S/c1-9-2-3-10(19(13,16)17)8-11(9)12(15)14-4-6-18-7-5-14/h2-3,8H,4-7H2,1H3,(H2,13,16,17). The van der Waals surface area contributed by atoms with E-state index in [1.807, 2.05) is 0 Å². The first-order valence-electron chi connectivity index (χ1n) is 5.90. The molecule has 2 N–H and O–H groups in total. The molecule has 0 aliphatic carbocycles. The van der Waals surface area contributed by atoms with E-state index >= 15 is 0 Å². The maximum Gasteiger partial charge on any atom is 0.254 e. The Balaban J connectivity index is 2.35. The van der Waals surface area contributed by atoms with Crippen LogP contribution in [0.1, 0.15) is 15.9 Å². The summed E-state index contributed by atoms with van der Waals surface area (Å²) in [5.74, 6) is -0.189. The lowest BCUT2D eigenvalue weighted by atomic mass is 10.1. The highest BCUT2D eigenvalue weighted by Gasteiger charge is 2.21. The molecule has 1 saturated heterocycles. The summed E-state index contributed by atoms with van der Waals surface area (Å²) in [4.78, 5) is 13.9. The number of amides is 1. The number of benzene rings is 1. The summed E-state index contributed by atoms with van der Waals surface area (Å²) in [6.45, 7) is 3.79. The van der Waals surface area contributed by atoms with Gasteiger partial charge in [-0.15, -0.1) is 0 Å². The van der Waals surface area contributed by atoms with Crippen molar-refractivity contribution in [1.82, 2.24) is 4.90 Å². The second-order valence-electron chi connectivity index (χ2n) is 4.43. The van der Waals surface area contributed by atoms with Gasteiger partial charge >= 0.3 is 0 Å². The molecule has 19 heavy (non-hydrogen) atoms. The van der Waals surface area contributed by atoms with Crippen molar-refractivity contribution in [2.75, 3.05) is 26.3 Å². The minimum Gasteiger partial charge on any atom is -0.378 e. The fourth-order valence-corrected chi connectivity index (χ4v) is 2.49. The Kier molecular flexibility index (Phi) is 3.88. The lowest BCUT2D eigenvalue weighted by molar-refractivity contribution is 0.0302. The minimum atomic E-state index is -3.80. The average Bonchev–Trinajstić information content (AvgIpc) is 2.38. The SMILES string of the molecule is Cc1ccc(S(N)(=O)=O)cc1C(=O)N1CCOCC1. The molecule has 0 aromatic heterocycles. The van der Waals surface area contributed by atoms with E-state index in [4.69, 9.17) is 9.88 Å². The van der Waals surface area contributed by atoms with Gasteiger partial charge in [0.2, 0.25) is 10.0 Å².